The Labute approximate surface area is 143 Å². The van der Waals surface area contributed by atoms with Crippen LogP contribution in [0.2, 0.25) is 0 Å². The van der Waals surface area contributed by atoms with Crippen LogP contribution in [0.25, 0.3) is 0 Å². The van der Waals surface area contributed by atoms with Gasteiger partial charge in [-0.05, 0) is 49.4 Å². The van der Waals surface area contributed by atoms with Crippen molar-refractivity contribution < 1.29 is 4.79 Å². The summed E-state index contributed by atoms with van der Waals surface area (Å²) >= 11 is 2.03. The Hall–Kier alpha value is -1.04. The van der Waals surface area contributed by atoms with Crippen molar-refractivity contribution in [1.29, 1.82) is 0 Å². The first-order valence-corrected chi connectivity index (χ1v) is 9.76. The third-order valence-electron chi connectivity index (χ3n) is 4.50. The summed E-state index contributed by atoms with van der Waals surface area (Å²) in [6.07, 6.45) is 2.62. The van der Waals surface area contributed by atoms with Crippen LogP contribution in [0.1, 0.15) is 24.0 Å². The van der Waals surface area contributed by atoms with E-state index in [0.29, 0.717) is 6.54 Å². The van der Waals surface area contributed by atoms with Crippen molar-refractivity contribution in [1.82, 2.24) is 10.2 Å². The van der Waals surface area contributed by atoms with Crippen molar-refractivity contribution in [3.05, 3.63) is 29.3 Å². The number of anilines is 1. The van der Waals surface area contributed by atoms with E-state index in [9.17, 15) is 4.79 Å². The number of rotatable bonds is 7. The van der Waals surface area contributed by atoms with Gasteiger partial charge in [0.1, 0.15) is 0 Å². The Bertz CT molecular complexity index is 539. The number of hydrogen-bond acceptors (Lipinski definition) is 4. The van der Waals surface area contributed by atoms with E-state index in [1.165, 1.54) is 29.9 Å². The topological polar surface area (TPSA) is 44.4 Å². The van der Waals surface area contributed by atoms with Gasteiger partial charge < -0.3 is 10.6 Å². The molecule has 1 heterocycles. The van der Waals surface area contributed by atoms with Crippen LogP contribution in [-0.2, 0) is 11.3 Å². The molecule has 2 N–H and O–H groups in total. The van der Waals surface area contributed by atoms with Gasteiger partial charge in [0.15, 0.2) is 0 Å². The van der Waals surface area contributed by atoms with E-state index in [-0.39, 0.29) is 5.91 Å². The first kappa shape index (κ1) is 16.8. The second-order valence-electron chi connectivity index (χ2n) is 6.66. The highest BCUT2D eigenvalue weighted by Crippen LogP contribution is 2.27. The van der Waals surface area contributed by atoms with Crippen molar-refractivity contribution in [3.63, 3.8) is 0 Å². The Morgan fingerprint density at radius 3 is 2.83 bits per heavy atom. The van der Waals surface area contributed by atoms with Crippen molar-refractivity contribution in [3.8, 4) is 0 Å². The molecule has 4 nitrogen and oxygen atoms in total. The normalized spacial score (nSPS) is 18.8. The average molecular weight is 334 g/mol. The van der Waals surface area contributed by atoms with Gasteiger partial charge in [-0.3, -0.25) is 9.69 Å². The van der Waals surface area contributed by atoms with Gasteiger partial charge in [0.2, 0.25) is 5.91 Å². The molecule has 0 unspecified atom stereocenters. The van der Waals surface area contributed by atoms with Crippen LogP contribution >= 0.6 is 11.8 Å². The smallest absolute Gasteiger partial charge is 0.238 e. The maximum atomic E-state index is 12.1. The second-order valence-corrected chi connectivity index (χ2v) is 7.88. The van der Waals surface area contributed by atoms with Gasteiger partial charge in [0, 0.05) is 36.8 Å². The Morgan fingerprint density at radius 1 is 1.30 bits per heavy atom. The highest BCUT2D eigenvalue weighted by molar-refractivity contribution is 7.99. The van der Waals surface area contributed by atoms with Crippen LogP contribution in [0.3, 0.4) is 0 Å². The van der Waals surface area contributed by atoms with Crippen molar-refractivity contribution >= 4 is 23.4 Å². The van der Waals surface area contributed by atoms with Gasteiger partial charge in [0.25, 0.3) is 0 Å². The van der Waals surface area contributed by atoms with Crippen molar-refractivity contribution in [2.75, 3.05) is 43.0 Å². The molecule has 126 valence electrons. The molecule has 1 saturated carbocycles. The number of nitrogens with zero attached hydrogens (tertiary/aromatic N) is 1. The number of carbonyl (C=O) groups is 1. The van der Waals surface area contributed by atoms with Crippen molar-refractivity contribution in [2.24, 2.45) is 5.92 Å². The van der Waals surface area contributed by atoms with Crippen LogP contribution in [0.4, 0.5) is 5.69 Å². The van der Waals surface area contributed by atoms with Gasteiger partial charge >= 0.3 is 0 Å². The van der Waals surface area contributed by atoms with Gasteiger partial charge in [-0.25, -0.2) is 0 Å². The van der Waals surface area contributed by atoms with E-state index in [1.807, 2.05) is 11.8 Å². The molecule has 1 aromatic carbocycles. The highest BCUT2D eigenvalue weighted by atomic mass is 32.2. The van der Waals surface area contributed by atoms with Gasteiger partial charge in [0.05, 0.1) is 6.54 Å². The van der Waals surface area contributed by atoms with E-state index in [2.05, 4.69) is 40.7 Å². The van der Waals surface area contributed by atoms with Crippen molar-refractivity contribution in [2.45, 2.75) is 26.3 Å². The minimum absolute atomic E-state index is 0.0558. The minimum atomic E-state index is 0.0558. The summed E-state index contributed by atoms with van der Waals surface area (Å²) in [5.41, 5.74) is 3.36. The lowest BCUT2D eigenvalue weighted by Crippen LogP contribution is -2.32. The third kappa shape index (κ3) is 5.52. The Balaban J connectivity index is 1.52. The predicted octanol–water partition coefficient (Wildman–Crippen LogP) is 2.48. The minimum Gasteiger partial charge on any atom is -0.325 e. The molecule has 0 atom stereocenters. The zero-order valence-electron chi connectivity index (χ0n) is 13.9. The lowest BCUT2D eigenvalue weighted by Gasteiger charge is -2.26. The number of amides is 1. The van der Waals surface area contributed by atoms with Gasteiger partial charge in [-0.2, -0.15) is 11.8 Å². The van der Waals surface area contributed by atoms with Crippen LogP contribution in [0, 0.1) is 12.8 Å². The summed E-state index contributed by atoms with van der Waals surface area (Å²) in [5.74, 6) is 3.31. The molecule has 0 aromatic heterocycles. The molecular formula is C18H27N3OS. The number of thioether (sulfide) groups is 1. The maximum Gasteiger partial charge on any atom is 0.238 e. The van der Waals surface area contributed by atoms with E-state index in [4.69, 9.17) is 0 Å². The summed E-state index contributed by atoms with van der Waals surface area (Å²) in [5, 5.41) is 6.30. The molecular weight excluding hydrogens is 306 g/mol. The molecule has 5 heteroatoms. The van der Waals surface area contributed by atoms with Crippen LogP contribution in [0.5, 0.6) is 0 Å². The first-order valence-electron chi connectivity index (χ1n) is 8.61. The number of aryl methyl sites for hydroxylation is 1. The molecule has 0 spiro atoms. The molecule has 2 aliphatic rings. The maximum absolute atomic E-state index is 12.1. The van der Waals surface area contributed by atoms with E-state index >= 15 is 0 Å². The monoisotopic (exact) mass is 333 g/mol. The SMILES string of the molecule is Cc1ccc(CN2CCSCC2)cc1NC(=O)CNCC1CC1. The largest absolute Gasteiger partial charge is 0.325 e. The zero-order chi connectivity index (χ0) is 16.1. The number of hydrogen-bond donors (Lipinski definition) is 2. The number of nitrogens with one attached hydrogen (secondary N) is 2. The molecule has 23 heavy (non-hydrogen) atoms. The summed E-state index contributed by atoms with van der Waals surface area (Å²) in [6, 6.07) is 6.43. The zero-order valence-corrected chi connectivity index (χ0v) is 14.8. The molecule has 1 aromatic rings. The summed E-state index contributed by atoms with van der Waals surface area (Å²) in [7, 11) is 0. The third-order valence-corrected chi connectivity index (χ3v) is 5.44. The lowest BCUT2D eigenvalue weighted by atomic mass is 10.1. The van der Waals surface area contributed by atoms with Gasteiger partial charge in [-0.15, -0.1) is 0 Å². The fourth-order valence-electron chi connectivity index (χ4n) is 2.83. The number of carbonyl (C=O) groups excluding carboxylic acids is 1. The highest BCUT2D eigenvalue weighted by Gasteiger charge is 2.20. The summed E-state index contributed by atoms with van der Waals surface area (Å²) in [4.78, 5) is 14.6. The molecule has 3 rings (SSSR count). The molecule has 0 radical (unpaired) electrons. The lowest BCUT2D eigenvalue weighted by molar-refractivity contribution is -0.115. The average Bonchev–Trinajstić information content (AvgIpc) is 3.36. The quantitative estimate of drug-likeness (QED) is 0.805. The predicted molar refractivity (Wildman–Crippen MR) is 98.0 cm³/mol. The molecule has 1 amide bonds. The number of benzene rings is 1. The first-order chi connectivity index (χ1) is 11.2. The fraction of sp³-hybridized carbons (Fsp3) is 0.611. The van der Waals surface area contributed by atoms with Crippen LogP contribution < -0.4 is 10.6 Å². The van der Waals surface area contributed by atoms with Crippen LogP contribution in [0.15, 0.2) is 18.2 Å². The Morgan fingerprint density at radius 2 is 2.09 bits per heavy atom. The molecule has 1 saturated heterocycles. The molecule has 0 bridgehead atoms. The fourth-order valence-corrected chi connectivity index (χ4v) is 3.80. The summed E-state index contributed by atoms with van der Waals surface area (Å²) in [6.45, 7) is 6.72. The molecule has 2 fully saturated rings. The second kappa shape index (κ2) is 8.18. The van der Waals surface area contributed by atoms with E-state index < -0.39 is 0 Å². The standard InChI is InChI=1S/C18H27N3OS/c1-14-2-3-16(13-21-6-8-23-9-7-21)10-17(14)20-18(22)12-19-11-15-4-5-15/h2-3,10,15,19H,4-9,11-13H2,1H3,(H,20,22). The summed E-state index contributed by atoms with van der Waals surface area (Å²) < 4.78 is 0. The molecule has 1 aliphatic carbocycles. The van der Waals surface area contributed by atoms with Crippen LogP contribution in [-0.4, -0.2) is 48.5 Å². The van der Waals surface area contributed by atoms with Gasteiger partial charge in [-0.1, -0.05) is 12.1 Å². The van der Waals surface area contributed by atoms with E-state index in [0.717, 1.165) is 43.3 Å². The van der Waals surface area contributed by atoms with E-state index in [1.54, 1.807) is 0 Å². The Kier molecular flexibility index (Phi) is 5.97. The molecule has 1 aliphatic heterocycles.